The van der Waals surface area contributed by atoms with Crippen LogP contribution >= 0.6 is 0 Å². The van der Waals surface area contributed by atoms with Gasteiger partial charge in [0, 0.05) is 24.5 Å². The van der Waals surface area contributed by atoms with E-state index in [1.807, 2.05) is 0 Å². The molecule has 7 heteroatoms. The molecular formula is C14H18FN3O2S. The van der Waals surface area contributed by atoms with E-state index in [4.69, 9.17) is 5.73 Å². The Bertz CT molecular complexity index is 695. The zero-order valence-corrected chi connectivity index (χ0v) is 12.5. The van der Waals surface area contributed by atoms with Gasteiger partial charge in [-0.3, -0.25) is 0 Å². The van der Waals surface area contributed by atoms with Crippen LogP contribution in [0.15, 0.2) is 41.4 Å². The summed E-state index contributed by atoms with van der Waals surface area (Å²) in [5, 5.41) is 0. The molecule has 4 N–H and O–H groups in total. The van der Waals surface area contributed by atoms with Crippen LogP contribution in [0.2, 0.25) is 0 Å². The maximum atomic E-state index is 12.8. The van der Waals surface area contributed by atoms with Crippen molar-refractivity contribution in [2.75, 3.05) is 0 Å². The standard InChI is InChI=1S/C14H18FN3O2S/c1-10(6-11-2-4-12(15)5-3-11)18-21(19,20)14-7-13(8-16)17-9-14/h2-5,7,9-10,17-18H,6,8,16H2,1H3. The van der Waals surface area contributed by atoms with Crippen molar-refractivity contribution >= 4 is 10.0 Å². The van der Waals surface area contributed by atoms with Crippen molar-refractivity contribution in [3.63, 3.8) is 0 Å². The third-order valence-corrected chi connectivity index (χ3v) is 4.63. The van der Waals surface area contributed by atoms with Gasteiger partial charge in [0.1, 0.15) is 5.82 Å². The second-order valence-electron chi connectivity index (χ2n) is 4.92. The molecule has 21 heavy (non-hydrogen) atoms. The summed E-state index contributed by atoms with van der Waals surface area (Å²) in [7, 11) is -3.59. The summed E-state index contributed by atoms with van der Waals surface area (Å²) >= 11 is 0. The first-order valence-electron chi connectivity index (χ1n) is 6.55. The highest BCUT2D eigenvalue weighted by atomic mass is 32.2. The minimum atomic E-state index is -3.59. The van der Waals surface area contributed by atoms with Crippen molar-refractivity contribution in [1.29, 1.82) is 0 Å². The molecule has 1 aromatic carbocycles. The number of halogens is 1. The first kappa shape index (κ1) is 15.7. The lowest BCUT2D eigenvalue weighted by molar-refractivity contribution is 0.559. The number of sulfonamides is 1. The summed E-state index contributed by atoms with van der Waals surface area (Å²) in [5.41, 5.74) is 6.96. The van der Waals surface area contributed by atoms with Crippen molar-refractivity contribution in [1.82, 2.24) is 9.71 Å². The number of hydrogen-bond acceptors (Lipinski definition) is 3. The number of nitrogens with two attached hydrogens (primary N) is 1. The number of H-pyrrole nitrogens is 1. The molecule has 5 nitrogen and oxygen atoms in total. The van der Waals surface area contributed by atoms with Crippen molar-refractivity contribution < 1.29 is 12.8 Å². The zero-order valence-electron chi connectivity index (χ0n) is 11.6. The maximum Gasteiger partial charge on any atom is 0.242 e. The van der Waals surface area contributed by atoms with Crippen molar-refractivity contribution in [3.8, 4) is 0 Å². The van der Waals surface area contributed by atoms with E-state index in [2.05, 4.69) is 9.71 Å². The maximum absolute atomic E-state index is 12.8. The highest BCUT2D eigenvalue weighted by molar-refractivity contribution is 7.89. The molecule has 0 spiro atoms. The highest BCUT2D eigenvalue weighted by Gasteiger charge is 2.18. The normalized spacial score (nSPS) is 13.3. The Hall–Kier alpha value is -1.70. The van der Waals surface area contributed by atoms with Crippen LogP contribution in [0.1, 0.15) is 18.2 Å². The monoisotopic (exact) mass is 311 g/mol. The molecule has 0 saturated carbocycles. The Morgan fingerprint density at radius 3 is 2.57 bits per heavy atom. The molecule has 1 unspecified atom stereocenters. The molecule has 0 aliphatic rings. The minimum absolute atomic E-state index is 0.161. The number of benzene rings is 1. The summed E-state index contributed by atoms with van der Waals surface area (Å²) < 4.78 is 39.8. The summed E-state index contributed by atoms with van der Waals surface area (Å²) in [5.74, 6) is -0.311. The van der Waals surface area contributed by atoms with E-state index in [0.29, 0.717) is 12.1 Å². The Morgan fingerprint density at radius 1 is 1.33 bits per heavy atom. The number of aromatic amines is 1. The largest absolute Gasteiger partial charge is 0.363 e. The van der Waals surface area contributed by atoms with Crippen LogP contribution in [0.3, 0.4) is 0 Å². The van der Waals surface area contributed by atoms with Crippen LogP contribution < -0.4 is 10.5 Å². The minimum Gasteiger partial charge on any atom is -0.363 e. The molecule has 2 rings (SSSR count). The molecule has 2 aromatic rings. The van der Waals surface area contributed by atoms with Crippen LogP contribution in [0.4, 0.5) is 4.39 Å². The van der Waals surface area contributed by atoms with Crippen LogP contribution in [-0.4, -0.2) is 19.4 Å². The van der Waals surface area contributed by atoms with E-state index in [1.165, 1.54) is 24.4 Å². The molecule has 1 atom stereocenters. The van der Waals surface area contributed by atoms with Crippen LogP contribution in [0, 0.1) is 5.82 Å². The molecule has 0 bridgehead atoms. The molecular weight excluding hydrogens is 293 g/mol. The van der Waals surface area contributed by atoms with E-state index in [9.17, 15) is 12.8 Å². The zero-order chi connectivity index (χ0) is 15.5. The Morgan fingerprint density at radius 2 is 2.00 bits per heavy atom. The number of hydrogen-bond donors (Lipinski definition) is 3. The first-order chi connectivity index (χ1) is 9.90. The van der Waals surface area contributed by atoms with Crippen molar-refractivity contribution in [2.45, 2.75) is 30.8 Å². The van der Waals surface area contributed by atoms with Gasteiger partial charge in [0.25, 0.3) is 0 Å². The summed E-state index contributed by atoms with van der Waals surface area (Å²) in [6.07, 6.45) is 1.89. The van der Waals surface area contributed by atoms with Gasteiger partial charge in [-0.15, -0.1) is 0 Å². The summed E-state index contributed by atoms with van der Waals surface area (Å²) in [4.78, 5) is 2.97. The van der Waals surface area contributed by atoms with Gasteiger partial charge in [-0.05, 0) is 37.1 Å². The van der Waals surface area contributed by atoms with E-state index in [0.717, 1.165) is 5.56 Å². The van der Waals surface area contributed by atoms with Crippen molar-refractivity contribution in [3.05, 3.63) is 53.6 Å². The fourth-order valence-electron chi connectivity index (χ4n) is 2.04. The molecule has 0 radical (unpaired) electrons. The molecule has 1 aromatic heterocycles. The number of rotatable bonds is 6. The Balaban J connectivity index is 2.03. The van der Waals surface area contributed by atoms with Gasteiger partial charge in [0.05, 0.1) is 4.90 Å². The fourth-order valence-corrected chi connectivity index (χ4v) is 3.30. The lowest BCUT2D eigenvalue weighted by atomic mass is 10.1. The SMILES string of the molecule is CC(Cc1ccc(F)cc1)NS(=O)(=O)c1c[nH]c(CN)c1. The smallest absolute Gasteiger partial charge is 0.242 e. The number of nitrogens with one attached hydrogen (secondary N) is 2. The third-order valence-electron chi connectivity index (χ3n) is 3.06. The van der Waals surface area contributed by atoms with Gasteiger partial charge in [0.15, 0.2) is 0 Å². The quantitative estimate of drug-likeness (QED) is 0.756. The van der Waals surface area contributed by atoms with Crippen LogP contribution in [-0.2, 0) is 23.0 Å². The topological polar surface area (TPSA) is 88.0 Å². The molecule has 0 amide bonds. The fraction of sp³-hybridized carbons (Fsp3) is 0.286. The Kier molecular flexibility index (Phi) is 4.76. The first-order valence-corrected chi connectivity index (χ1v) is 8.03. The van der Waals surface area contributed by atoms with Gasteiger partial charge in [-0.2, -0.15) is 0 Å². The van der Waals surface area contributed by atoms with E-state index < -0.39 is 10.0 Å². The average molecular weight is 311 g/mol. The Labute approximate surface area is 123 Å². The summed E-state index contributed by atoms with van der Waals surface area (Å²) in [6.45, 7) is 2.01. The predicted octanol–water partition coefficient (Wildman–Crippen LogP) is 1.52. The van der Waals surface area contributed by atoms with E-state index in [-0.39, 0.29) is 23.3 Å². The molecule has 0 aliphatic carbocycles. The van der Waals surface area contributed by atoms with Gasteiger partial charge < -0.3 is 10.7 Å². The van der Waals surface area contributed by atoms with Crippen molar-refractivity contribution in [2.24, 2.45) is 5.73 Å². The third kappa shape index (κ3) is 4.13. The summed E-state index contributed by atoms with van der Waals surface area (Å²) in [6, 6.07) is 7.20. The van der Waals surface area contributed by atoms with Crippen LogP contribution in [0.5, 0.6) is 0 Å². The molecule has 114 valence electrons. The lowest BCUT2D eigenvalue weighted by Gasteiger charge is -2.13. The van der Waals surface area contributed by atoms with Gasteiger partial charge >= 0.3 is 0 Å². The van der Waals surface area contributed by atoms with Gasteiger partial charge in [0.2, 0.25) is 10.0 Å². The highest BCUT2D eigenvalue weighted by Crippen LogP contribution is 2.12. The van der Waals surface area contributed by atoms with E-state index >= 15 is 0 Å². The lowest BCUT2D eigenvalue weighted by Crippen LogP contribution is -2.33. The van der Waals surface area contributed by atoms with Crippen LogP contribution in [0.25, 0.3) is 0 Å². The number of aromatic nitrogens is 1. The van der Waals surface area contributed by atoms with Gasteiger partial charge in [-0.25, -0.2) is 17.5 Å². The van der Waals surface area contributed by atoms with Gasteiger partial charge in [-0.1, -0.05) is 12.1 Å². The predicted molar refractivity (Wildman–Crippen MR) is 78.6 cm³/mol. The molecule has 0 aliphatic heterocycles. The molecule has 0 saturated heterocycles. The second kappa shape index (κ2) is 6.38. The van der Waals surface area contributed by atoms with E-state index in [1.54, 1.807) is 19.1 Å². The second-order valence-corrected chi connectivity index (χ2v) is 6.63. The molecule has 0 fully saturated rings. The molecule has 1 heterocycles. The average Bonchev–Trinajstić information content (AvgIpc) is 2.90.